The minimum Gasteiger partial charge on any atom is -0.495 e. The number of rotatable bonds is 11. The van der Waals surface area contributed by atoms with Gasteiger partial charge in [0.1, 0.15) is 5.75 Å². The van der Waals surface area contributed by atoms with Crippen molar-refractivity contribution in [2.24, 2.45) is 0 Å². The van der Waals surface area contributed by atoms with Crippen LogP contribution in [0.1, 0.15) is 25.3 Å². The van der Waals surface area contributed by atoms with Crippen LogP contribution in [0.5, 0.6) is 5.75 Å². The molecule has 0 aliphatic carbocycles. The first-order chi connectivity index (χ1) is 13.5. The third-order valence-corrected chi connectivity index (χ3v) is 5.63. The summed E-state index contributed by atoms with van der Waals surface area (Å²) in [6, 6.07) is 5.50. The van der Waals surface area contributed by atoms with E-state index in [2.05, 4.69) is 33.1 Å². The Bertz CT molecular complexity index is 797. The summed E-state index contributed by atoms with van der Waals surface area (Å²) < 4.78 is 5.94. The highest BCUT2D eigenvalue weighted by Crippen LogP contribution is 2.26. The Morgan fingerprint density at radius 3 is 2.82 bits per heavy atom. The molecule has 0 spiro atoms. The van der Waals surface area contributed by atoms with Crippen molar-refractivity contribution in [2.45, 2.75) is 31.0 Å². The minimum atomic E-state index is -0.319. The lowest BCUT2D eigenvalue weighted by Gasteiger charge is -2.11. The first-order valence-corrected chi connectivity index (χ1v) is 10.7. The predicted molar refractivity (Wildman–Crippen MR) is 113 cm³/mol. The lowest BCUT2D eigenvalue weighted by atomic mass is 10.2. The highest BCUT2D eigenvalue weighted by Gasteiger charge is 2.11. The molecule has 0 aliphatic heterocycles. The van der Waals surface area contributed by atoms with Crippen LogP contribution >= 0.6 is 23.1 Å². The van der Waals surface area contributed by atoms with Crippen molar-refractivity contribution in [3.8, 4) is 5.75 Å². The van der Waals surface area contributed by atoms with Crippen LogP contribution in [0.2, 0.25) is 0 Å². The van der Waals surface area contributed by atoms with Crippen LogP contribution in [-0.4, -0.2) is 48.0 Å². The number of carbonyl (C=O) groups excluding carboxylic acids is 2. The molecule has 8 nitrogen and oxygen atoms in total. The van der Waals surface area contributed by atoms with Gasteiger partial charge in [0.15, 0.2) is 4.34 Å². The lowest BCUT2D eigenvalue weighted by molar-refractivity contribution is -0.122. The van der Waals surface area contributed by atoms with E-state index in [1.165, 1.54) is 30.2 Å². The molecule has 152 valence electrons. The Balaban J connectivity index is 1.72. The van der Waals surface area contributed by atoms with Crippen molar-refractivity contribution in [3.05, 3.63) is 23.8 Å². The number of aryl methyl sites for hydroxylation is 1. The van der Waals surface area contributed by atoms with Gasteiger partial charge in [0.05, 0.1) is 25.1 Å². The number of anilines is 2. The summed E-state index contributed by atoms with van der Waals surface area (Å²) in [5.74, 6) is 0.179. The molecule has 2 rings (SSSR count). The monoisotopic (exact) mass is 423 g/mol. The number of hydrogen-bond acceptors (Lipinski definition) is 8. The number of methoxy groups -OCH3 is 1. The van der Waals surface area contributed by atoms with Gasteiger partial charge in [-0.05, 0) is 31.0 Å². The SMILES string of the molecule is CCCCNc1nnc(SCC(=O)NCC(=O)Nc2cc(C)ccc2OC)s1. The Kier molecular flexibility index (Phi) is 9.02. The van der Waals surface area contributed by atoms with Crippen LogP contribution in [0.15, 0.2) is 22.5 Å². The maximum absolute atomic E-state index is 12.1. The van der Waals surface area contributed by atoms with Crippen molar-refractivity contribution in [1.29, 1.82) is 0 Å². The smallest absolute Gasteiger partial charge is 0.243 e. The van der Waals surface area contributed by atoms with E-state index in [1.807, 2.05) is 19.1 Å². The molecule has 28 heavy (non-hydrogen) atoms. The molecule has 2 aromatic rings. The number of thioether (sulfide) groups is 1. The van der Waals surface area contributed by atoms with Crippen molar-refractivity contribution in [1.82, 2.24) is 15.5 Å². The van der Waals surface area contributed by atoms with E-state index >= 15 is 0 Å². The topological polar surface area (TPSA) is 105 Å². The maximum atomic E-state index is 12.1. The predicted octanol–water partition coefficient (Wildman–Crippen LogP) is 2.91. The zero-order chi connectivity index (χ0) is 20.4. The number of ether oxygens (including phenoxy) is 1. The van der Waals surface area contributed by atoms with E-state index < -0.39 is 0 Å². The number of nitrogens with one attached hydrogen (secondary N) is 3. The van der Waals surface area contributed by atoms with Gasteiger partial charge in [-0.15, -0.1) is 10.2 Å². The molecular weight excluding hydrogens is 398 g/mol. The molecule has 1 heterocycles. The van der Waals surface area contributed by atoms with Gasteiger partial charge in [-0.1, -0.05) is 42.5 Å². The van der Waals surface area contributed by atoms with Gasteiger partial charge in [0.2, 0.25) is 16.9 Å². The lowest BCUT2D eigenvalue weighted by Crippen LogP contribution is -2.34. The van der Waals surface area contributed by atoms with Crippen LogP contribution in [-0.2, 0) is 9.59 Å². The molecule has 0 radical (unpaired) electrons. The average molecular weight is 424 g/mol. The zero-order valence-electron chi connectivity index (χ0n) is 16.2. The van der Waals surface area contributed by atoms with E-state index in [4.69, 9.17) is 4.74 Å². The fourth-order valence-electron chi connectivity index (χ4n) is 2.18. The summed E-state index contributed by atoms with van der Waals surface area (Å²) in [5.41, 5.74) is 1.57. The molecule has 1 aromatic heterocycles. The van der Waals surface area contributed by atoms with Crippen LogP contribution in [0.25, 0.3) is 0 Å². The number of amides is 2. The quantitative estimate of drug-likeness (QED) is 0.377. The molecule has 0 fully saturated rings. The highest BCUT2D eigenvalue weighted by molar-refractivity contribution is 8.01. The Labute approximate surface area is 172 Å². The largest absolute Gasteiger partial charge is 0.495 e. The average Bonchev–Trinajstić information content (AvgIpc) is 3.13. The van der Waals surface area contributed by atoms with Crippen molar-refractivity contribution in [3.63, 3.8) is 0 Å². The fourth-order valence-corrected chi connectivity index (χ4v) is 3.79. The van der Waals surface area contributed by atoms with Crippen molar-refractivity contribution in [2.75, 3.05) is 36.6 Å². The molecular formula is C18H25N5O3S2. The molecule has 0 aliphatic rings. The summed E-state index contributed by atoms with van der Waals surface area (Å²) in [6.45, 7) is 4.79. The minimum absolute atomic E-state index is 0.115. The second-order valence-electron chi connectivity index (χ2n) is 5.97. The molecule has 1 aromatic carbocycles. The normalized spacial score (nSPS) is 10.4. The number of nitrogens with zero attached hydrogens (tertiary/aromatic N) is 2. The van der Waals surface area contributed by atoms with Crippen LogP contribution in [0, 0.1) is 6.92 Å². The van der Waals surface area contributed by atoms with Gasteiger partial charge in [0.25, 0.3) is 0 Å². The Morgan fingerprint density at radius 2 is 2.07 bits per heavy atom. The summed E-state index contributed by atoms with van der Waals surface area (Å²) in [5, 5.41) is 17.4. The number of hydrogen-bond donors (Lipinski definition) is 3. The van der Waals surface area contributed by atoms with Gasteiger partial charge in [-0.2, -0.15) is 0 Å². The summed E-state index contributed by atoms with van der Waals surface area (Å²) >= 11 is 2.71. The van der Waals surface area contributed by atoms with Gasteiger partial charge in [0, 0.05) is 6.54 Å². The number of benzene rings is 1. The van der Waals surface area contributed by atoms with Gasteiger partial charge < -0.3 is 20.7 Å². The van der Waals surface area contributed by atoms with Gasteiger partial charge in [-0.3, -0.25) is 9.59 Å². The first-order valence-electron chi connectivity index (χ1n) is 8.93. The summed E-state index contributed by atoms with van der Waals surface area (Å²) in [4.78, 5) is 24.1. The fraction of sp³-hybridized carbons (Fsp3) is 0.444. The van der Waals surface area contributed by atoms with Crippen LogP contribution in [0.3, 0.4) is 0 Å². The van der Waals surface area contributed by atoms with Crippen molar-refractivity contribution < 1.29 is 14.3 Å². The molecule has 0 saturated heterocycles. The second kappa shape index (κ2) is 11.5. The molecule has 0 atom stereocenters. The van der Waals surface area contributed by atoms with E-state index in [0.717, 1.165) is 30.1 Å². The number of unbranched alkanes of at least 4 members (excludes halogenated alkanes) is 1. The molecule has 0 bridgehead atoms. The molecule has 0 unspecified atom stereocenters. The molecule has 2 amide bonds. The van der Waals surface area contributed by atoms with Gasteiger partial charge in [-0.25, -0.2) is 0 Å². The Morgan fingerprint density at radius 1 is 1.25 bits per heavy atom. The number of aromatic nitrogens is 2. The van der Waals surface area contributed by atoms with E-state index in [1.54, 1.807) is 6.07 Å². The zero-order valence-corrected chi connectivity index (χ0v) is 17.8. The van der Waals surface area contributed by atoms with Gasteiger partial charge >= 0.3 is 0 Å². The first kappa shape index (κ1) is 22.0. The molecule has 0 saturated carbocycles. The number of carbonyl (C=O) groups is 2. The van der Waals surface area contributed by atoms with E-state index in [9.17, 15) is 9.59 Å². The molecule has 10 heteroatoms. The standard InChI is InChI=1S/C18H25N5O3S2/c1-4-5-8-19-17-22-23-18(28-17)27-11-16(25)20-10-15(24)21-13-9-12(2)6-7-14(13)26-3/h6-7,9H,4-5,8,10-11H2,1-3H3,(H,19,22)(H,20,25)(H,21,24). The molecule has 3 N–H and O–H groups in total. The highest BCUT2D eigenvalue weighted by atomic mass is 32.2. The van der Waals surface area contributed by atoms with E-state index in [-0.39, 0.29) is 24.1 Å². The Hall–Kier alpha value is -2.33. The van der Waals surface area contributed by atoms with Crippen LogP contribution in [0.4, 0.5) is 10.8 Å². The summed E-state index contributed by atoms with van der Waals surface area (Å²) in [7, 11) is 1.54. The van der Waals surface area contributed by atoms with E-state index in [0.29, 0.717) is 15.8 Å². The van der Waals surface area contributed by atoms with Crippen LogP contribution < -0.4 is 20.7 Å². The maximum Gasteiger partial charge on any atom is 0.243 e. The third kappa shape index (κ3) is 7.35. The summed E-state index contributed by atoms with van der Waals surface area (Å²) in [6.07, 6.45) is 2.18. The van der Waals surface area contributed by atoms with Crippen molar-refractivity contribution >= 4 is 45.7 Å². The second-order valence-corrected chi connectivity index (χ2v) is 8.17. The third-order valence-electron chi connectivity index (χ3n) is 3.61.